The second kappa shape index (κ2) is 12.1. The molecule has 2 aromatic rings. The Balaban J connectivity index is 2.21. The van der Waals surface area contributed by atoms with Gasteiger partial charge >= 0.3 is 6.01 Å². The van der Waals surface area contributed by atoms with E-state index in [1.165, 1.54) is 7.11 Å². The van der Waals surface area contributed by atoms with Gasteiger partial charge in [-0.25, -0.2) is 4.98 Å². The average molecular weight is 655 g/mol. The molecule has 1 fully saturated rings. The number of imidazole rings is 1. The molecular formula is C30H58N4O6Si3. The number of aromatic nitrogens is 4. The fourth-order valence-corrected chi connectivity index (χ4v) is 7.78. The normalized spacial score (nSPS) is 22.8. The van der Waals surface area contributed by atoms with Crippen molar-refractivity contribution in [2.24, 2.45) is 0 Å². The first-order chi connectivity index (χ1) is 19.4. The van der Waals surface area contributed by atoms with Crippen molar-refractivity contribution in [1.82, 2.24) is 19.5 Å². The smallest absolute Gasteiger partial charge is 0.321 e. The maximum absolute atomic E-state index is 7.27. The molecule has 43 heavy (non-hydrogen) atoms. The van der Waals surface area contributed by atoms with Crippen LogP contribution in [0.5, 0.6) is 11.9 Å². The zero-order chi connectivity index (χ0) is 33.0. The Bertz CT molecular complexity index is 1260. The maximum atomic E-state index is 7.27. The first-order valence-corrected chi connectivity index (χ1v) is 24.1. The fraction of sp³-hybridized carbons (Fsp3) is 0.833. The summed E-state index contributed by atoms with van der Waals surface area (Å²) < 4.78 is 41.2. The van der Waals surface area contributed by atoms with Crippen molar-refractivity contribution < 1.29 is 27.5 Å². The zero-order valence-corrected chi connectivity index (χ0v) is 32.8. The molecule has 0 radical (unpaired) electrons. The van der Waals surface area contributed by atoms with Crippen LogP contribution in [0.2, 0.25) is 54.4 Å². The van der Waals surface area contributed by atoms with Crippen molar-refractivity contribution in [2.45, 2.75) is 141 Å². The Morgan fingerprint density at radius 2 is 1.26 bits per heavy atom. The molecule has 0 amide bonds. The number of rotatable bonds is 10. The lowest BCUT2D eigenvalue weighted by molar-refractivity contribution is -0.0470. The SMILES string of the molecule is COc1nc(OC)c2ncn([C@@H]3O[C@H](CO[Si](C)(C)C(C)(C)C)[C@@H](O[Si](C)(C)C(C)(C)C)[C@H]3O[Si](C)(C)C(C)(C)C)c2n1. The first-order valence-electron chi connectivity index (χ1n) is 15.3. The summed E-state index contributed by atoms with van der Waals surface area (Å²) in [7, 11) is -3.55. The van der Waals surface area contributed by atoms with E-state index in [-0.39, 0.29) is 33.3 Å². The Labute approximate surface area is 263 Å². The second-order valence-electron chi connectivity index (χ2n) is 16.4. The predicted molar refractivity (Wildman–Crippen MR) is 180 cm³/mol. The molecule has 0 N–H and O–H groups in total. The van der Waals surface area contributed by atoms with Gasteiger partial charge in [0.25, 0.3) is 0 Å². The van der Waals surface area contributed by atoms with E-state index in [1.807, 2.05) is 4.57 Å². The Hall–Kier alpha value is -1.36. The van der Waals surface area contributed by atoms with Gasteiger partial charge in [0.2, 0.25) is 5.88 Å². The minimum Gasteiger partial charge on any atom is -0.479 e. The van der Waals surface area contributed by atoms with Crippen LogP contribution in [0, 0.1) is 0 Å². The van der Waals surface area contributed by atoms with Crippen molar-refractivity contribution in [2.75, 3.05) is 20.8 Å². The number of methoxy groups -OCH3 is 2. The topological polar surface area (TPSA) is 99.0 Å². The largest absolute Gasteiger partial charge is 0.479 e. The molecule has 1 aliphatic rings. The monoisotopic (exact) mass is 654 g/mol. The van der Waals surface area contributed by atoms with E-state index in [1.54, 1.807) is 13.4 Å². The van der Waals surface area contributed by atoms with Gasteiger partial charge in [-0.2, -0.15) is 9.97 Å². The molecule has 0 saturated carbocycles. The van der Waals surface area contributed by atoms with Crippen LogP contribution >= 0.6 is 0 Å². The number of hydrogen-bond acceptors (Lipinski definition) is 9. The number of fused-ring (bicyclic) bond motifs is 1. The summed E-state index contributed by atoms with van der Waals surface area (Å²) in [6.07, 6.45) is 0.0339. The molecule has 2 aromatic heterocycles. The van der Waals surface area contributed by atoms with E-state index < -0.39 is 37.3 Å². The van der Waals surface area contributed by atoms with Gasteiger partial charge in [-0.3, -0.25) is 4.57 Å². The van der Waals surface area contributed by atoms with Crippen molar-refractivity contribution >= 4 is 36.1 Å². The predicted octanol–water partition coefficient (Wildman–Crippen LogP) is 7.54. The zero-order valence-electron chi connectivity index (χ0n) is 29.8. The quantitative estimate of drug-likeness (QED) is 0.241. The molecule has 246 valence electrons. The molecule has 0 bridgehead atoms. The molecule has 0 unspecified atom stereocenters. The summed E-state index contributed by atoms with van der Waals surface area (Å²) in [4.78, 5) is 13.7. The molecule has 4 atom stereocenters. The van der Waals surface area contributed by atoms with Crippen LogP contribution in [-0.4, -0.2) is 83.6 Å². The van der Waals surface area contributed by atoms with Gasteiger partial charge in [0, 0.05) is 0 Å². The highest BCUT2D eigenvalue weighted by atomic mass is 28.4. The highest BCUT2D eigenvalue weighted by Gasteiger charge is 2.55. The Kier molecular flexibility index (Phi) is 10.2. The molecule has 0 aromatic carbocycles. The van der Waals surface area contributed by atoms with Crippen molar-refractivity contribution in [3.63, 3.8) is 0 Å². The van der Waals surface area contributed by atoms with Gasteiger partial charge in [-0.15, -0.1) is 0 Å². The van der Waals surface area contributed by atoms with Crippen molar-refractivity contribution in [3.05, 3.63) is 6.33 Å². The highest BCUT2D eigenvalue weighted by molar-refractivity contribution is 6.75. The minimum atomic E-state index is -2.30. The third kappa shape index (κ3) is 7.39. The van der Waals surface area contributed by atoms with Crippen molar-refractivity contribution in [1.29, 1.82) is 0 Å². The lowest BCUT2D eigenvalue weighted by atomic mass is 10.1. The summed E-state index contributed by atoms with van der Waals surface area (Å²) >= 11 is 0. The Morgan fingerprint density at radius 1 is 0.744 bits per heavy atom. The van der Waals surface area contributed by atoms with Gasteiger partial charge in [0.1, 0.15) is 18.3 Å². The molecule has 3 rings (SSSR count). The van der Waals surface area contributed by atoms with Gasteiger partial charge in [-0.05, 0) is 54.4 Å². The molecule has 10 nitrogen and oxygen atoms in total. The van der Waals surface area contributed by atoms with Crippen LogP contribution in [0.1, 0.15) is 68.5 Å². The van der Waals surface area contributed by atoms with Crippen LogP contribution in [0.15, 0.2) is 6.33 Å². The number of hydrogen-bond donors (Lipinski definition) is 0. The van der Waals surface area contributed by atoms with Crippen LogP contribution in [0.25, 0.3) is 11.2 Å². The van der Waals surface area contributed by atoms with E-state index in [0.29, 0.717) is 23.7 Å². The van der Waals surface area contributed by atoms with Crippen LogP contribution in [0.4, 0.5) is 0 Å². The molecule has 1 aliphatic heterocycles. The molecule has 3 heterocycles. The van der Waals surface area contributed by atoms with Crippen LogP contribution < -0.4 is 9.47 Å². The third-order valence-corrected chi connectivity index (χ3v) is 23.6. The molecular weight excluding hydrogens is 597 g/mol. The van der Waals surface area contributed by atoms with E-state index >= 15 is 0 Å². The van der Waals surface area contributed by atoms with Crippen LogP contribution in [0.3, 0.4) is 0 Å². The van der Waals surface area contributed by atoms with E-state index in [9.17, 15) is 0 Å². The van der Waals surface area contributed by atoms with E-state index in [4.69, 9.17) is 27.5 Å². The fourth-order valence-electron chi connectivity index (χ4n) is 4.17. The first kappa shape index (κ1) is 36.1. The summed E-state index contributed by atoms with van der Waals surface area (Å²) in [5.41, 5.74) is 1.08. The van der Waals surface area contributed by atoms with Crippen molar-refractivity contribution in [3.8, 4) is 11.9 Å². The minimum absolute atomic E-state index is 0.00684. The summed E-state index contributed by atoms with van der Waals surface area (Å²) in [6.45, 7) is 34.4. The van der Waals surface area contributed by atoms with Gasteiger partial charge < -0.3 is 27.5 Å². The lowest BCUT2D eigenvalue weighted by Crippen LogP contribution is -2.54. The number of ether oxygens (including phenoxy) is 3. The van der Waals surface area contributed by atoms with Gasteiger partial charge in [0.15, 0.2) is 42.3 Å². The van der Waals surface area contributed by atoms with E-state index in [2.05, 4.69) is 117 Å². The van der Waals surface area contributed by atoms with Crippen LogP contribution in [-0.2, 0) is 18.0 Å². The van der Waals surface area contributed by atoms with Gasteiger partial charge in [0.05, 0.1) is 27.2 Å². The van der Waals surface area contributed by atoms with E-state index in [0.717, 1.165) is 0 Å². The molecule has 0 aliphatic carbocycles. The summed E-state index contributed by atoms with van der Waals surface area (Å²) in [6, 6.07) is 0.192. The standard InChI is InChI=1S/C30H58N4O6Si3/c1-28(2,3)41(12,13)37-18-20-22(39-42(14,15)29(4,5)6)23(40-43(16,17)30(7,8)9)26(38-20)34-19-31-21-24(34)32-27(36-11)33-25(21)35-10/h19-20,22-23,26H,18H2,1-17H3/t20-,22-,23-,26-/m1/s1. The number of nitrogens with zero attached hydrogens (tertiary/aromatic N) is 4. The summed E-state index contributed by atoms with van der Waals surface area (Å²) in [5.74, 6) is 0.340. The van der Waals surface area contributed by atoms with Gasteiger partial charge in [-0.1, -0.05) is 62.3 Å². The highest BCUT2D eigenvalue weighted by Crippen LogP contribution is 2.47. The molecule has 1 saturated heterocycles. The summed E-state index contributed by atoms with van der Waals surface area (Å²) in [5, 5.41) is 0.0237. The lowest BCUT2D eigenvalue weighted by Gasteiger charge is -2.44. The molecule has 13 heteroatoms. The maximum Gasteiger partial charge on any atom is 0.321 e. The Morgan fingerprint density at radius 3 is 1.72 bits per heavy atom. The average Bonchev–Trinajstić information content (AvgIpc) is 3.41. The third-order valence-electron chi connectivity index (χ3n) is 10.2. The molecule has 0 spiro atoms. The second-order valence-corrected chi connectivity index (χ2v) is 30.7.